The first-order valence-corrected chi connectivity index (χ1v) is 8.35. The van der Waals surface area contributed by atoms with Crippen molar-refractivity contribution in [3.63, 3.8) is 0 Å². The second-order valence-corrected chi connectivity index (χ2v) is 6.93. The van der Waals surface area contributed by atoms with Crippen LogP contribution in [0.5, 0.6) is 0 Å². The Kier molecular flexibility index (Phi) is 6.50. The number of halogens is 5. The molecule has 3 nitrogen and oxygen atoms in total. The van der Waals surface area contributed by atoms with E-state index in [9.17, 15) is 13.2 Å². The summed E-state index contributed by atoms with van der Waals surface area (Å²) in [5.74, 6) is 0. The van der Waals surface area contributed by atoms with Gasteiger partial charge in [0.2, 0.25) is 0 Å². The van der Waals surface area contributed by atoms with Crippen molar-refractivity contribution in [1.82, 2.24) is 15.2 Å². The van der Waals surface area contributed by atoms with Crippen LogP contribution >= 0.6 is 35.3 Å². The molecule has 1 aromatic carbocycles. The van der Waals surface area contributed by atoms with Crippen molar-refractivity contribution in [1.29, 1.82) is 0 Å². The highest BCUT2D eigenvalue weighted by molar-refractivity contribution is 7.11. The Balaban J connectivity index is 0.00000208. The predicted molar refractivity (Wildman–Crippen MR) is 91.8 cm³/mol. The maximum atomic E-state index is 12.7. The molecule has 1 atom stereocenters. The lowest BCUT2D eigenvalue weighted by molar-refractivity contribution is -0.137. The van der Waals surface area contributed by atoms with Gasteiger partial charge in [-0.05, 0) is 17.7 Å². The number of aromatic nitrogens is 1. The molecule has 3 rings (SSSR count). The largest absolute Gasteiger partial charge is 0.443 e. The summed E-state index contributed by atoms with van der Waals surface area (Å²) < 4.78 is 38.0. The minimum Gasteiger partial charge on any atom is -0.314 e. The third kappa shape index (κ3) is 4.61. The van der Waals surface area contributed by atoms with Gasteiger partial charge in [0.05, 0.1) is 0 Å². The van der Waals surface area contributed by atoms with Gasteiger partial charge < -0.3 is 5.32 Å². The lowest BCUT2D eigenvalue weighted by Crippen LogP contribution is -2.45. The fraction of sp³-hybridized carbons (Fsp3) is 0.400. The highest BCUT2D eigenvalue weighted by Gasteiger charge is 2.35. The molecule has 1 N–H and O–H groups in total. The number of hydrogen-bond donors (Lipinski definition) is 1. The number of nitrogens with one attached hydrogen (secondary N) is 1. The van der Waals surface area contributed by atoms with E-state index in [1.165, 1.54) is 6.20 Å². The standard InChI is InChI=1S/C15H15ClF3N3S.ClH/c16-11-3-1-2-10(6-11)13-8-20-4-5-22(13)9-12-7-21-14(23-12)15(17,18)19;/h1-3,6-7,13,20H,4-5,8-9H2;1H. The summed E-state index contributed by atoms with van der Waals surface area (Å²) in [7, 11) is 0. The van der Waals surface area contributed by atoms with E-state index in [4.69, 9.17) is 11.6 Å². The van der Waals surface area contributed by atoms with Crippen molar-refractivity contribution in [2.75, 3.05) is 19.6 Å². The number of nitrogens with zero attached hydrogens (tertiary/aromatic N) is 2. The first-order chi connectivity index (χ1) is 10.9. The van der Waals surface area contributed by atoms with Gasteiger partial charge in [0.15, 0.2) is 5.01 Å². The number of alkyl halides is 3. The Morgan fingerprint density at radius 3 is 2.83 bits per heavy atom. The summed E-state index contributed by atoms with van der Waals surface area (Å²) in [4.78, 5) is 6.27. The van der Waals surface area contributed by atoms with Gasteiger partial charge in [-0.3, -0.25) is 4.90 Å². The van der Waals surface area contributed by atoms with Crippen LogP contribution in [0.1, 0.15) is 21.5 Å². The molecule has 0 saturated carbocycles. The van der Waals surface area contributed by atoms with Crippen molar-refractivity contribution in [2.24, 2.45) is 0 Å². The van der Waals surface area contributed by atoms with E-state index in [0.29, 0.717) is 27.8 Å². The maximum absolute atomic E-state index is 12.7. The molecule has 0 amide bonds. The van der Waals surface area contributed by atoms with Crippen LogP contribution in [-0.4, -0.2) is 29.5 Å². The lowest BCUT2D eigenvalue weighted by atomic mass is 10.0. The number of thiazole rings is 1. The smallest absolute Gasteiger partial charge is 0.314 e. The van der Waals surface area contributed by atoms with Crippen LogP contribution in [0, 0.1) is 0 Å². The molecule has 1 unspecified atom stereocenters. The molecule has 0 aliphatic carbocycles. The van der Waals surface area contributed by atoms with Crippen molar-refractivity contribution in [3.05, 3.63) is 50.9 Å². The van der Waals surface area contributed by atoms with Crippen LogP contribution in [0.4, 0.5) is 13.2 Å². The van der Waals surface area contributed by atoms with E-state index in [1.54, 1.807) is 0 Å². The summed E-state index contributed by atoms with van der Waals surface area (Å²) in [5, 5.41) is 3.19. The molecule has 2 heterocycles. The average Bonchev–Trinajstić information content (AvgIpc) is 2.96. The zero-order valence-electron chi connectivity index (χ0n) is 12.5. The molecular formula is C15H16Cl2F3N3S. The monoisotopic (exact) mass is 397 g/mol. The van der Waals surface area contributed by atoms with Crippen molar-refractivity contribution in [2.45, 2.75) is 18.8 Å². The maximum Gasteiger partial charge on any atom is 0.443 e. The average molecular weight is 398 g/mol. The van der Waals surface area contributed by atoms with Crippen molar-refractivity contribution in [3.8, 4) is 0 Å². The van der Waals surface area contributed by atoms with E-state index in [2.05, 4.69) is 15.2 Å². The summed E-state index contributed by atoms with van der Waals surface area (Å²) >= 11 is 6.76. The number of benzene rings is 1. The van der Waals surface area contributed by atoms with E-state index in [0.717, 1.165) is 25.2 Å². The minimum absolute atomic E-state index is 0. The van der Waals surface area contributed by atoms with Crippen LogP contribution < -0.4 is 5.32 Å². The molecule has 24 heavy (non-hydrogen) atoms. The zero-order valence-corrected chi connectivity index (χ0v) is 14.9. The molecule has 0 spiro atoms. The molecular weight excluding hydrogens is 382 g/mol. The van der Waals surface area contributed by atoms with E-state index in [-0.39, 0.29) is 18.4 Å². The van der Waals surface area contributed by atoms with Gasteiger partial charge in [-0.25, -0.2) is 4.98 Å². The molecule has 2 aromatic rings. The van der Waals surface area contributed by atoms with Gasteiger partial charge in [0.1, 0.15) is 0 Å². The van der Waals surface area contributed by atoms with Crippen LogP contribution in [0.3, 0.4) is 0 Å². The van der Waals surface area contributed by atoms with Gasteiger partial charge in [-0.1, -0.05) is 23.7 Å². The normalized spacial score (nSPS) is 19.1. The Morgan fingerprint density at radius 2 is 2.17 bits per heavy atom. The number of rotatable bonds is 3. The van der Waals surface area contributed by atoms with Crippen molar-refractivity contribution < 1.29 is 13.2 Å². The topological polar surface area (TPSA) is 28.2 Å². The predicted octanol–water partition coefficient (Wildman–Crippen LogP) is 4.38. The molecule has 132 valence electrons. The fourth-order valence-electron chi connectivity index (χ4n) is 2.69. The lowest BCUT2D eigenvalue weighted by Gasteiger charge is -2.36. The van der Waals surface area contributed by atoms with Gasteiger partial charge >= 0.3 is 6.18 Å². The molecule has 0 radical (unpaired) electrons. The molecule has 9 heteroatoms. The fourth-order valence-corrected chi connectivity index (χ4v) is 3.69. The number of hydrogen-bond acceptors (Lipinski definition) is 4. The van der Waals surface area contributed by atoms with Crippen molar-refractivity contribution >= 4 is 35.3 Å². The molecule has 0 bridgehead atoms. The molecule has 1 saturated heterocycles. The SMILES string of the molecule is Cl.FC(F)(F)c1ncc(CN2CCNCC2c2cccc(Cl)c2)s1. The third-order valence-electron chi connectivity index (χ3n) is 3.74. The molecule has 1 aromatic heterocycles. The number of piperazine rings is 1. The van der Waals surface area contributed by atoms with E-state index < -0.39 is 11.2 Å². The van der Waals surface area contributed by atoms with Crippen LogP contribution in [0.15, 0.2) is 30.5 Å². The minimum atomic E-state index is -4.38. The quantitative estimate of drug-likeness (QED) is 0.832. The summed E-state index contributed by atoms with van der Waals surface area (Å²) in [5.41, 5.74) is 1.06. The molecule has 1 aliphatic heterocycles. The molecule has 1 aliphatic rings. The first kappa shape index (κ1) is 19.5. The summed E-state index contributed by atoms with van der Waals surface area (Å²) in [6.45, 7) is 2.76. The highest BCUT2D eigenvalue weighted by Crippen LogP contribution is 2.34. The van der Waals surface area contributed by atoms with E-state index >= 15 is 0 Å². The van der Waals surface area contributed by atoms with Crippen LogP contribution in [-0.2, 0) is 12.7 Å². The molecule has 1 fully saturated rings. The summed E-state index contributed by atoms with van der Waals surface area (Å²) in [6, 6.07) is 7.67. The van der Waals surface area contributed by atoms with Crippen LogP contribution in [0.2, 0.25) is 5.02 Å². The zero-order chi connectivity index (χ0) is 16.4. The Hall–Kier alpha value is -0.860. The second-order valence-electron chi connectivity index (χ2n) is 5.37. The third-order valence-corrected chi connectivity index (χ3v) is 5.00. The van der Waals surface area contributed by atoms with Gasteiger partial charge in [-0.15, -0.1) is 23.7 Å². The van der Waals surface area contributed by atoms with Gasteiger partial charge in [-0.2, -0.15) is 13.2 Å². The Labute approximate surface area is 153 Å². The van der Waals surface area contributed by atoms with Gasteiger partial charge in [0, 0.05) is 48.3 Å². The van der Waals surface area contributed by atoms with E-state index in [1.807, 2.05) is 24.3 Å². The van der Waals surface area contributed by atoms with Gasteiger partial charge in [0.25, 0.3) is 0 Å². The summed E-state index contributed by atoms with van der Waals surface area (Å²) in [6.07, 6.45) is -3.05. The second kappa shape index (κ2) is 8.01. The highest BCUT2D eigenvalue weighted by atomic mass is 35.5. The first-order valence-electron chi connectivity index (χ1n) is 7.15. The van der Waals surface area contributed by atoms with Crippen LogP contribution in [0.25, 0.3) is 0 Å². The Bertz CT molecular complexity index is 678. The Morgan fingerprint density at radius 1 is 1.38 bits per heavy atom.